The quantitative estimate of drug-likeness (QED) is 0.851. The van der Waals surface area contributed by atoms with Crippen LogP contribution in [0.4, 0.5) is 0 Å². The van der Waals surface area contributed by atoms with E-state index >= 15 is 0 Å². The summed E-state index contributed by atoms with van der Waals surface area (Å²) in [4.78, 5) is 11.8. The molecule has 0 atom stereocenters. The van der Waals surface area contributed by atoms with Crippen molar-refractivity contribution in [3.05, 3.63) is 35.2 Å². The van der Waals surface area contributed by atoms with Crippen LogP contribution in [0.15, 0.2) is 18.2 Å². The molecule has 2 aromatic rings. The largest absolute Gasteiger partial charge is 0.454 e. The van der Waals surface area contributed by atoms with Crippen molar-refractivity contribution >= 4 is 5.91 Å². The van der Waals surface area contributed by atoms with E-state index < -0.39 is 0 Å². The van der Waals surface area contributed by atoms with Crippen LogP contribution < -0.4 is 14.8 Å². The molecule has 1 aliphatic rings. The Kier molecular flexibility index (Phi) is 2.79. The Labute approximate surface area is 108 Å². The fourth-order valence-electron chi connectivity index (χ4n) is 1.82. The molecule has 0 aliphatic carbocycles. The van der Waals surface area contributed by atoms with E-state index in [2.05, 4.69) is 20.7 Å². The zero-order valence-corrected chi connectivity index (χ0v) is 10.3. The van der Waals surface area contributed by atoms with E-state index in [9.17, 15) is 4.79 Å². The van der Waals surface area contributed by atoms with Crippen molar-refractivity contribution < 1.29 is 14.3 Å². The SMILES string of the molecule is Cc1n[nH]nc1C(=O)NCc1ccc2c(c1)OCO2. The lowest BCUT2D eigenvalue weighted by atomic mass is 10.2. The number of hydrogen-bond donors (Lipinski definition) is 2. The van der Waals surface area contributed by atoms with Crippen molar-refractivity contribution in [1.82, 2.24) is 20.7 Å². The Morgan fingerprint density at radius 3 is 3.00 bits per heavy atom. The molecule has 2 N–H and O–H groups in total. The highest BCUT2D eigenvalue weighted by Gasteiger charge is 2.15. The Morgan fingerprint density at radius 1 is 1.37 bits per heavy atom. The predicted molar refractivity (Wildman–Crippen MR) is 64.9 cm³/mol. The van der Waals surface area contributed by atoms with Gasteiger partial charge in [-0.2, -0.15) is 15.4 Å². The van der Waals surface area contributed by atoms with Gasteiger partial charge in [-0.05, 0) is 24.6 Å². The standard InChI is InChI=1S/C12H12N4O3/c1-7-11(15-16-14-7)12(17)13-5-8-2-3-9-10(4-8)19-6-18-9/h2-4H,5-6H2,1H3,(H,13,17)(H,14,15,16). The molecule has 0 bridgehead atoms. The predicted octanol–water partition coefficient (Wildman–Crippen LogP) is 0.772. The summed E-state index contributed by atoms with van der Waals surface area (Å²) in [5.41, 5.74) is 1.81. The highest BCUT2D eigenvalue weighted by atomic mass is 16.7. The van der Waals surface area contributed by atoms with Gasteiger partial charge in [-0.1, -0.05) is 6.07 Å². The van der Waals surface area contributed by atoms with Crippen molar-refractivity contribution in [3.8, 4) is 11.5 Å². The van der Waals surface area contributed by atoms with Crippen LogP contribution in [0.25, 0.3) is 0 Å². The first kappa shape index (κ1) is 11.5. The van der Waals surface area contributed by atoms with Crippen molar-refractivity contribution in [2.45, 2.75) is 13.5 Å². The number of benzene rings is 1. The first-order valence-corrected chi connectivity index (χ1v) is 5.78. The Hall–Kier alpha value is -2.57. The molecule has 0 unspecified atom stereocenters. The fraction of sp³-hybridized carbons (Fsp3) is 0.250. The fourth-order valence-corrected chi connectivity index (χ4v) is 1.82. The van der Waals surface area contributed by atoms with E-state index in [1.807, 2.05) is 18.2 Å². The minimum absolute atomic E-state index is 0.239. The van der Waals surface area contributed by atoms with Gasteiger partial charge in [-0.15, -0.1) is 0 Å². The summed E-state index contributed by atoms with van der Waals surface area (Å²) in [7, 11) is 0. The average Bonchev–Trinajstić information content (AvgIpc) is 3.03. The molecule has 98 valence electrons. The van der Waals surface area contributed by atoms with E-state index in [1.165, 1.54) is 0 Å². The third kappa shape index (κ3) is 2.22. The Balaban J connectivity index is 1.66. The maximum atomic E-state index is 11.8. The van der Waals surface area contributed by atoms with Crippen LogP contribution >= 0.6 is 0 Å². The highest BCUT2D eigenvalue weighted by Crippen LogP contribution is 2.32. The number of aromatic amines is 1. The van der Waals surface area contributed by atoms with Crippen LogP contribution in [0.5, 0.6) is 11.5 Å². The monoisotopic (exact) mass is 260 g/mol. The molecule has 0 spiro atoms. The number of rotatable bonds is 3. The molecule has 1 amide bonds. The summed E-state index contributed by atoms with van der Waals surface area (Å²) in [6.07, 6.45) is 0. The maximum absolute atomic E-state index is 11.8. The van der Waals surface area contributed by atoms with Gasteiger partial charge in [0, 0.05) is 6.54 Å². The van der Waals surface area contributed by atoms with Gasteiger partial charge in [-0.3, -0.25) is 4.79 Å². The van der Waals surface area contributed by atoms with Gasteiger partial charge in [0.1, 0.15) is 0 Å². The van der Waals surface area contributed by atoms with E-state index in [4.69, 9.17) is 9.47 Å². The van der Waals surface area contributed by atoms with Gasteiger partial charge in [-0.25, -0.2) is 0 Å². The Bertz CT molecular complexity index is 623. The highest BCUT2D eigenvalue weighted by molar-refractivity contribution is 5.93. The smallest absolute Gasteiger partial charge is 0.274 e. The summed E-state index contributed by atoms with van der Waals surface area (Å²) >= 11 is 0. The average molecular weight is 260 g/mol. The summed E-state index contributed by atoms with van der Waals surface area (Å²) in [5.74, 6) is 1.16. The Morgan fingerprint density at radius 2 is 2.21 bits per heavy atom. The third-order valence-corrected chi connectivity index (χ3v) is 2.83. The zero-order chi connectivity index (χ0) is 13.2. The molecule has 0 fully saturated rings. The van der Waals surface area contributed by atoms with Crippen molar-refractivity contribution in [3.63, 3.8) is 0 Å². The van der Waals surface area contributed by atoms with Gasteiger partial charge >= 0.3 is 0 Å². The summed E-state index contributed by atoms with van der Waals surface area (Å²) in [6, 6.07) is 5.55. The lowest BCUT2D eigenvalue weighted by Gasteiger charge is -2.04. The minimum atomic E-state index is -0.260. The van der Waals surface area contributed by atoms with Gasteiger partial charge in [0.25, 0.3) is 5.91 Å². The van der Waals surface area contributed by atoms with Crippen LogP contribution in [-0.4, -0.2) is 28.1 Å². The maximum Gasteiger partial charge on any atom is 0.274 e. The summed E-state index contributed by atoms with van der Waals surface area (Å²) in [6.45, 7) is 2.35. The number of nitrogens with zero attached hydrogens (tertiary/aromatic N) is 2. The molecule has 3 rings (SSSR count). The number of carbonyl (C=O) groups excluding carboxylic acids is 1. The minimum Gasteiger partial charge on any atom is -0.454 e. The molecule has 1 aromatic heterocycles. The lowest BCUT2D eigenvalue weighted by molar-refractivity contribution is 0.0945. The molecule has 7 heteroatoms. The lowest BCUT2D eigenvalue weighted by Crippen LogP contribution is -2.23. The third-order valence-electron chi connectivity index (χ3n) is 2.83. The second kappa shape index (κ2) is 4.60. The molecule has 1 aromatic carbocycles. The second-order valence-corrected chi connectivity index (χ2v) is 4.13. The number of fused-ring (bicyclic) bond motifs is 1. The second-order valence-electron chi connectivity index (χ2n) is 4.13. The van der Waals surface area contributed by atoms with Crippen LogP contribution in [0.3, 0.4) is 0 Å². The normalized spacial score (nSPS) is 12.5. The number of aromatic nitrogens is 3. The van der Waals surface area contributed by atoms with Gasteiger partial charge < -0.3 is 14.8 Å². The van der Waals surface area contributed by atoms with Crippen LogP contribution in [0.1, 0.15) is 21.7 Å². The molecule has 0 saturated carbocycles. The van der Waals surface area contributed by atoms with Gasteiger partial charge in [0.15, 0.2) is 17.2 Å². The summed E-state index contributed by atoms with van der Waals surface area (Å²) < 4.78 is 10.5. The molecule has 0 radical (unpaired) electrons. The molecule has 2 heterocycles. The van der Waals surface area contributed by atoms with Crippen molar-refractivity contribution in [2.75, 3.05) is 6.79 Å². The first-order chi connectivity index (χ1) is 9.24. The van der Waals surface area contributed by atoms with E-state index in [-0.39, 0.29) is 12.7 Å². The number of carbonyl (C=O) groups is 1. The topological polar surface area (TPSA) is 89.1 Å². The van der Waals surface area contributed by atoms with E-state index in [0.29, 0.717) is 23.7 Å². The number of amides is 1. The van der Waals surface area contributed by atoms with Crippen LogP contribution in [0, 0.1) is 6.92 Å². The molecular formula is C12H12N4O3. The molecule has 19 heavy (non-hydrogen) atoms. The molecule has 7 nitrogen and oxygen atoms in total. The summed E-state index contributed by atoms with van der Waals surface area (Å²) in [5, 5.41) is 12.8. The first-order valence-electron chi connectivity index (χ1n) is 5.78. The number of aryl methyl sites for hydroxylation is 1. The van der Waals surface area contributed by atoms with E-state index in [1.54, 1.807) is 6.92 Å². The van der Waals surface area contributed by atoms with Gasteiger partial charge in [0.05, 0.1) is 5.69 Å². The van der Waals surface area contributed by atoms with Crippen molar-refractivity contribution in [2.24, 2.45) is 0 Å². The number of H-pyrrole nitrogens is 1. The van der Waals surface area contributed by atoms with Crippen molar-refractivity contribution in [1.29, 1.82) is 0 Å². The number of ether oxygens (including phenoxy) is 2. The molecular weight excluding hydrogens is 248 g/mol. The number of nitrogens with one attached hydrogen (secondary N) is 2. The van der Waals surface area contributed by atoms with E-state index in [0.717, 1.165) is 11.3 Å². The van der Waals surface area contributed by atoms with Crippen LogP contribution in [0.2, 0.25) is 0 Å². The molecule has 1 aliphatic heterocycles. The van der Waals surface area contributed by atoms with Gasteiger partial charge in [0.2, 0.25) is 6.79 Å². The molecule has 0 saturated heterocycles. The number of hydrogen-bond acceptors (Lipinski definition) is 5. The zero-order valence-electron chi connectivity index (χ0n) is 10.3. The van der Waals surface area contributed by atoms with Crippen LogP contribution in [-0.2, 0) is 6.54 Å².